The molecule has 2 aromatic carbocycles. The van der Waals surface area contributed by atoms with E-state index in [1.807, 2.05) is 48.6 Å². The van der Waals surface area contributed by atoms with Gasteiger partial charge in [0.1, 0.15) is 13.1 Å². The zero-order valence-corrected chi connectivity index (χ0v) is 22.6. The van der Waals surface area contributed by atoms with Gasteiger partial charge < -0.3 is 9.45 Å². The molecule has 0 spiro atoms. The quantitative estimate of drug-likeness (QED) is 0.276. The third kappa shape index (κ3) is 6.10. The molecule has 1 aliphatic carbocycles. The van der Waals surface area contributed by atoms with Crippen LogP contribution in [0.15, 0.2) is 82.1 Å². The summed E-state index contributed by atoms with van der Waals surface area (Å²) < 4.78 is 58.0. The number of allylic oxidation sites excluding steroid dienone is 5. The maximum Gasteiger partial charge on any atom is 0.294 e. The number of rotatable bonds is 9. The van der Waals surface area contributed by atoms with Crippen molar-refractivity contribution in [3.63, 3.8) is 0 Å². The molecule has 1 unspecified atom stereocenters. The largest absolute Gasteiger partial charge is 0.372 e. The number of nitrogens with zero attached hydrogens (tertiary/aromatic N) is 2. The molecule has 9 heteroatoms. The first kappa shape index (κ1) is 27.7. The zero-order chi connectivity index (χ0) is 26.5. The molecule has 0 heterocycles. The van der Waals surface area contributed by atoms with Gasteiger partial charge in [-0.2, -0.15) is 8.42 Å². The van der Waals surface area contributed by atoms with Crippen molar-refractivity contribution in [2.45, 2.75) is 37.5 Å². The molecular formula is C27H33N2O5S2+. The maximum atomic E-state index is 12.3. The van der Waals surface area contributed by atoms with Crippen LogP contribution < -0.4 is 4.90 Å². The fourth-order valence-corrected chi connectivity index (χ4v) is 5.39. The van der Waals surface area contributed by atoms with E-state index in [1.165, 1.54) is 12.1 Å². The summed E-state index contributed by atoms with van der Waals surface area (Å²) in [5.74, 6) is 0. The zero-order valence-electron chi connectivity index (χ0n) is 21.0. The van der Waals surface area contributed by atoms with E-state index >= 15 is 0 Å². The van der Waals surface area contributed by atoms with E-state index in [4.69, 9.17) is 0 Å². The van der Waals surface area contributed by atoms with Gasteiger partial charge in [0.05, 0.1) is 9.79 Å². The Bertz CT molecular complexity index is 1340. The number of benzene rings is 2. The van der Waals surface area contributed by atoms with Crippen molar-refractivity contribution in [3.8, 4) is 0 Å². The lowest BCUT2D eigenvalue weighted by Gasteiger charge is -2.22. The summed E-state index contributed by atoms with van der Waals surface area (Å²) in [5, 5.41) is 0. The van der Waals surface area contributed by atoms with Gasteiger partial charge in [-0.15, -0.1) is 0 Å². The van der Waals surface area contributed by atoms with Gasteiger partial charge in [-0.05, 0) is 86.9 Å². The summed E-state index contributed by atoms with van der Waals surface area (Å²) in [5.41, 5.74) is 4.43. The molecule has 1 atom stereocenters. The summed E-state index contributed by atoms with van der Waals surface area (Å²) in [7, 11) is -4.52. The Morgan fingerprint density at radius 2 is 1.50 bits per heavy atom. The highest BCUT2D eigenvalue weighted by molar-refractivity contribution is 7.85. The SMILES string of the molecule is CCN(CC)c1ccc(C(=C2C=CC(=[N+](CC)CC)C=C2)c2cc(S(=O)(=O)O)ccc2S(=O)O)cc1. The van der Waals surface area contributed by atoms with E-state index in [2.05, 4.69) is 37.2 Å². The molecule has 1 aliphatic rings. The van der Waals surface area contributed by atoms with Crippen molar-refractivity contribution >= 4 is 38.2 Å². The van der Waals surface area contributed by atoms with E-state index in [1.54, 1.807) is 0 Å². The molecule has 3 rings (SSSR count). The van der Waals surface area contributed by atoms with Crippen molar-refractivity contribution < 1.29 is 26.3 Å². The van der Waals surface area contributed by atoms with Crippen LogP contribution in [-0.2, 0) is 21.2 Å². The van der Waals surface area contributed by atoms with Crippen molar-refractivity contribution in [2.24, 2.45) is 0 Å². The Hall–Kier alpha value is -2.85. The maximum absolute atomic E-state index is 12.3. The van der Waals surface area contributed by atoms with Gasteiger partial charge in [0.15, 0.2) is 16.8 Å². The van der Waals surface area contributed by atoms with Crippen molar-refractivity contribution in [3.05, 3.63) is 83.5 Å². The van der Waals surface area contributed by atoms with Gasteiger partial charge in [-0.25, -0.2) is 8.78 Å². The van der Waals surface area contributed by atoms with E-state index in [0.717, 1.165) is 54.8 Å². The van der Waals surface area contributed by atoms with Crippen molar-refractivity contribution in [1.82, 2.24) is 0 Å². The van der Waals surface area contributed by atoms with Crippen LogP contribution in [0.1, 0.15) is 38.8 Å². The van der Waals surface area contributed by atoms with Gasteiger partial charge in [-0.3, -0.25) is 4.55 Å². The minimum absolute atomic E-state index is 0.0537. The highest BCUT2D eigenvalue weighted by Crippen LogP contribution is 2.35. The van der Waals surface area contributed by atoms with Gasteiger partial charge in [0.2, 0.25) is 0 Å². The Kier molecular flexibility index (Phi) is 9.19. The van der Waals surface area contributed by atoms with Crippen LogP contribution in [0.2, 0.25) is 0 Å². The number of anilines is 1. The van der Waals surface area contributed by atoms with Crippen LogP contribution in [0.5, 0.6) is 0 Å². The molecule has 0 fully saturated rings. The number of hydrogen-bond acceptors (Lipinski definition) is 4. The third-order valence-corrected chi connectivity index (χ3v) is 7.86. The summed E-state index contributed by atoms with van der Waals surface area (Å²) in [6.45, 7) is 11.7. The van der Waals surface area contributed by atoms with Gasteiger partial charge >= 0.3 is 0 Å². The van der Waals surface area contributed by atoms with E-state index in [9.17, 15) is 21.7 Å². The summed E-state index contributed by atoms with van der Waals surface area (Å²) in [4.78, 5) is 1.91. The van der Waals surface area contributed by atoms with Crippen LogP contribution in [-0.4, -0.2) is 58.2 Å². The number of hydrogen-bond donors (Lipinski definition) is 2. The first-order chi connectivity index (χ1) is 17.1. The minimum Gasteiger partial charge on any atom is -0.372 e. The van der Waals surface area contributed by atoms with Crippen molar-refractivity contribution in [1.29, 1.82) is 0 Å². The molecule has 2 aromatic rings. The third-order valence-electron chi connectivity index (χ3n) is 6.28. The smallest absolute Gasteiger partial charge is 0.294 e. The molecular weight excluding hydrogens is 496 g/mol. The Labute approximate surface area is 216 Å². The second-order valence-electron chi connectivity index (χ2n) is 8.20. The highest BCUT2D eigenvalue weighted by atomic mass is 32.2. The van der Waals surface area contributed by atoms with E-state index < -0.39 is 21.2 Å². The lowest BCUT2D eigenvalue weighted by molar-refractivity contribution is -0.519. The molecule has 2 N–H and O–H groups in total. The van der Waals surface area contributed by atoms with Crippen LogP contribution in [0, 0.1) is 0 Å². The second-order valence-corrected chi connectivity index (χ2v) is 10.6. The summed E-state index contributed by atoms with van der Waals surface area (Å²) >= 11 is -2.39. The Balaban J connectivity index is 2.31. The molecule has 0 amide bonds. The van der Waals surface area contributed by atoms with Crippen LogP contribution in [0.25, 0.3) is 5.57 Å². The topological polar surface area (TPSA) is 97.9 Å². The average Bonchev–Trinajstić information content (AvgIpc) is 2.87. The van der Waals surface area contributed by atoms with E-state index in [-0.39, 0.29) is 15.4 Å². The highest BCUT2D eigenvalue weighted by Gasteiger charge is 2.22. The normalized spacial score (nSPS) is 14.2. The van der Waals surface area contributed by atoms with Gasteiger partial charge in [-0.1, -0.05) is 12.1 Å². The molecule has 0 aliphatic heterocycles. The minimum atomic E-state index is -4.52. The molecule has 0 bridgehead atoms. The summed E-state index contributed by atoms with van der Waals surface area (Å²) in [6.07, 6.45) is 7.81. The molecule has 0 saturated heterocycles. The molecule has 0 radical (unpaired) electrons. The molecule has 192 valence electrons. The Morgan fingerprint density at radius 1 is 0.917 bits per heavy atom. The van der Waals surface area contributed by atoms with Crippen LogP contribution >= 0.6 is 0 Å². The molecule has 7 nitrogen and oxygen atoms in total. The lowest BCUT2D eigenvalue weighted by Crippen LogP contribution is -2.21. The fourth-order valence-electron chi connectivity index (χ4n) is 4.35. The van der Waals surface area contributed by atoms with Gasteiger partial charge in [0, 0.05) is 36.5 Å². The first-order valence-corrected chi connectivity index (χ1v) is 14.5. The molecule has 0 aromatic heterocycles. The standard InChI is InChI=1S/C27H32N2O5S2/c1-5-28(6-2)22-13-9-20(10-14-22)27(21-11-15-23(16-12-21)29(7-3)8-4)25-19-24(36(32,33)34)17-18-26(25)35(30)31/h9-19H,5-8H2,1-4H3,(H-,30,31,32,33,34)/p+1. The molecule has 36 heavy (non-hydrogen) atoms. The lowest BCUT2D eigenvalue weighted by atomic mass is 9.90. The molecule has 0 saturated carbocycles. The average molecular weight is 530 g/mol. The van der Waals surface area contributed by atoms with E-state index in [0.29, 0.717) is 5.57 Å². The first-order valence-electron chi connectivity index (χ1n) is 11.9. The van der Waals surface area contributed by atoms with Crippen LogP contribution in [0.3, 0.4) is 0 Å². The van der Waals surface area contributed by atoms with Gasteiger partial charge in [0.25, 0.3) is 10.1 Å². The fraction of sp³-hybridized carbons (Fsp3) is 0.296. The predicted octanol–water partition coefficient (Wildman–Crippen LogP) is 4.78. The summed E-state index contributed by atoms with van der Waals surface area (Å²) in [6, 6.07) is 11.5. The predicted molar refractivity (Wildman–Crippen MR) is 146 cm³/mol. The monoisotopic (exact) mass is 529 g/mol. The Morgan fingerprint density at radius 3 is 1.97 bits per heavy atom. The van der Waals surface area contributed by atoms with Crippen molar-refractivity contribution in [2.75, 3.05) is 31.1 Å². The van der Waals surface area contributed by atoms with Crippen LogP contribution in [0.4, 0.5) is 5.69 Å². The second kappa shape index (κ2) is 11.9.